The summed E-state index contributed by atoms with van der Waals surface area (Å²) in [6, 6.07) is 33.3. The predicted molar refractivity (Wildman–Crippen MR) is 150 cm³/mol. The summed E-state index contributed by atoms with van der Waals surface area (Å²) in [6.07, 6.45) is 0.785. The number of hydrogen-bond acceptors (Lipinski definition) is 3. The van der Waals surface area contributed by atoms with Gasteiger partial charge < -0.3 is 4.90 Å². The van der Waals surface area contributed by atoms with Gasteiger partial charge >= 0.3 is 0 Å². The van der Waals surface area contributed by atoms with Crippen LogP contribution in [0.4, 0.5) is 0 Å². The molecule has 0 radical (unpaired) electrons. The maximum absolute atomic E-state index is 14.0. The van der Waals surface area contributed by atoms with Gasteiger partial charge in [0.15, 0.2) is 11.6 Å². The van der Waals surface area contributed by atoms with E-state index in [2.05, 4.69) is 65.6 Å². The summed E-state index contributed by atoms with van der Waals surface area (Å²) < 4.78 is 0. The molecule has 0 saturated carbocycles. The zero-order valence-electron chi connectivity index (χ0n) is 21.3. The van der Waals surface area contributed by atoms with Crippen molar-refractivity contribution in [2.45, 2.75) is 31.2 Å². The molecule has 4 aromatic rings. The van der Waals surface area contributed by atoms with E-state index in [4.69, 9.17) is 11.6 Å². The topological polar surface area (TPSA) is 37.4 Å². The van der Waals surface area contributed by atoms with Crippen LogP contribution in [0.3, 0.4) is 0 Å². The Morgan fingerprint density at radius 2 is 1.26 bits per heavy atom. The number of allylic oxidation sites excluding steroid dienone is 1. The van der Waals surface area contributed by atoms with Gasteiger partial charge in [0, 0.05) is 24.1 Å². The lowest BCUT2D eigenvalue weighted by Crippen LogP contribution is -2.59. The van der Waals surface area contributed by atoms with Gasteiger partial charge in [0.2, 0.25) is 0 Å². The Bertz CT molecular complexity index is 1650. The number of halogens is 1. The lowest BCUT2D eigenvalue weighted by Gasteiger charge is -2.55. The molecule has 7 rings (SSSR count). The van der Waals surface area contributed by atoms with Crippen LogP contribution in [0.15, 0.2) is 108 Å². The number of fused-ring (bicyclic) bond motifs is 9. The average Bonchev–Trinajstić information content (AvgIpc) is 3.39. The van der Waals surface area contributed by atoms with Crippen molar-refractivity contribution in [2.75, 3.05) is 6.54 Å². The van der Waals surface area contributed by atoms with E-state index in [0.717, 1.165) is 39.8 Å². The molecule has 0 saturated heterocycles. The predicted octanol–water partition coefficient (Wildman–Crippen LogP) is 6.85. The molecule has 186 valence electrons. The number of hydrogen-bond donors (Lipinski definition) is 0. The minimum Gasteiger partial charge on any atom is -0.353 e. The average molecular weight is 516 g/mol. The van der Waals surface area contributed by atoms with Crippen LogP contribution in [0.25, 0.3) is 11.1 Å². The van der Waals surface area contributed by atoms with Crippen molar-refractivity contribution in [2.24, 2.45) is 0 Å². The molecule has 2 aliphatic heterocycles. The number of carbonyl (C=O) groups excluding carboxylic acids is 2. The molecule has 0 fully saturated rings. The third-order valence-corrected chi connectivity index (χ3v) is 8.99. The Morgan fingerprint density at radius 3 is 1.84 bits per heavy atom. The summed E-state index contributed by atoms with van der Waals surface area (Å²) >= 11 is 6.43. The van der Waals surface area contributed by atoms with Crippen LogP contribution in [-0.2, 0) is 27.0 Å². The highest BCUT2D eigenvalue weighted by molar-refractivity contribution is 6.30. The molecule has 1 spiro atoms. The zero-order valence-corrected chi connectivity index (χ0v) is 22.0. The highest BCUT2D eigenvalue weighted by Crippen LogP contribution is 2.70. The summed E-state index contributed by atoms with van der Waals surface area (Å²) in [6.45, 7) is 3.83. The molecule has 1 atom stereocenters. The summed E-state index contributed by atoms with van der Waals surface area (Å²) in [5.74, 6) is -0.173. The second-order valence-electron chi connectivity index (χ2n) is 10.5. The van der Waals surface area contributed by atoms with E-state index in [1.165, 1.54) is 5.56 Å². The van der Waals surface area contributed by atoms with Crippen molar-refractivity contribution in [3.05, 3.63) is 141 Å². The summed E-state index contributed by atoms with van der Waals surface area (Å²) in [7, 11) is 0. The number of Topliss-reactive ketones (excluding diaryl/α,β-unsaturated/α-hetero) is 2. The fourth-order valence-electron chi connectivity index (χ4n) is 7.72. The Labute approximate surface area is 227 Å². The van der Waals surface area contributed by atoms with E-state index in [-0.39, 0.29) is 11.6 Å². The molecular weight excluding hydrogens is 490 g/mol. The van der Waals surface area contributed by atoms with Crippen molar-refractivity contribution >= 4 is 23.2 Å². The van der Waals surface area contributed by atoms with Crippen LogP contribution in [-0.4, -0.2) is 23.0 Å². The lowest BCUT2D eigenvalue weighted by molar-refractivity contribution is -0.117. The first-order valence-electron chi connectivity index (χ1n) is 13.0. The van der Waals surface area contributed by atoms with E-state index in [1.807, 2.05) is 36.4 Å². The third kappa shape index (κ3) is 2.60. The minimum atomic E-state index is -0.933. The molecule has 3 nitrogen and oxygen atoms in total. The van der Waals surface area contributed by atoms with Crippen molar-refractivity contribution in [3.8, 4) is 11.1 Å². The molecule has 4 aromatic carbocycles. The second-order valence-corrected chi connectivity index (χ2v) is 10.9. The Balaban J connectivity index is 1.79. The van der Waals surface area contributed by atoms with Crippen molar-refractivity contribution in [1.82, 2.24) is 4.90 Å². The smallest absolute Gasteiger partial charge is 0.176 e. The first-order chi connectivity index (χ1) is 18.4. The highest BCUT2D eigenvalue weighted by atomic mass is 35.5. The van der Waals surface area contributed by atoms with E-state index in [1.54, 1.807) is 13.8 Å². The van der Waals surface area contributed by atoms with Crippen molar-refractivity contribution in [1.29, 1.82) is 0 Å². The van der Waals surface area contributed by atoms with Crippen molar-refractivity contribution < 1.29 is 9.59 Å². The van der Waals surface area contributed by atoms with Gasteiger partial charge in [0.25, 0.3) is 0 Å². The molecule has 4 heteroatoms. The van der Waals surface area contributed by atoms with Crippen LogP contribution in [0, 0.1) is 0 Å². The Hall–Kier alpha value is -3.95. The quantitative estimate of drug-likeness (QED) is 0.299. The standard InChI is InChI=1S/C34H26ClNO2/c1-21(37)31-32(22(2)38)36-20-19-23-9-3-6-12-28(23)34(36,24-15-17-25(35)18-16-24)33(31)29-13-7-4-10-26(29)27-11-5-8-14-30(27)33/h3-18H,19-20H2,1-2H3. The van der Waals surface area contributed by atoms with Gasteiger partial charge in [-0.05, 0) is 64.4 Å². The van der Waals surface area contributed by atoms with Crippen LogP contribution < -0.4 is 0 Å². The number of rotatable bonds is 3. The van der Waals surface area contributed by atoms with Crippen LogP contribution in [0.5, 0.6) is 0 Å². The van der Waals surface area contributed by atoms with E-state index in [0.29, 0.717) is 22.8 Å². The van der Waals surface area contributed by atoms with E-state index in [9.17, 15) is 9.59 Å². The van der Waals surface area contributed by atoms with Gasteiger partial charge in [-0.25, -0.2) is 0 Å². The fourth-order valence-corrected chi connectivity index (χ4v) is 7.85. The van der Waals surface area contributed by atoms with Crippen molar-refractivity contribution in [3.63, 3.8) is 0 Å². The first kappa shape index (κ1) is 23.2. The van der Waals surface area contributed by atoms with Crippen LogP contribution in [0.2, 0.25) is 5.02 Å². The van der Waals surface area contributed by atoms with Gasteiger partial charge in [0.05, 0.1) is 11.1 Å². The second kappa shape index (κ2) is 8.02. The van der Waals surface area contributed by atoms with Gasteiger partial charge in [-0.15, -0.1) is 0 Å². The molecule has 2 heterocycles. The molecular formula is C34H26ClNO2. The van der Waals surface area contributed by atoms with Crippen LogP contribution >= 0.6 is 11.6 Å². The van der Waals surface area contributed by atoms with E-state index >= 15 is 0 Å². The maximum atomic E-state index is 14.0. The van der Waals surface area contributed by atoms with Gasteiger partial charge in [0.1, 0.15) is 5.54 Å². The monoisotopic (exact) mass is 515 g/mol. The van der Waals surface area contributed by atoms with Gasteiger partial charge in [-0.2, -0.15) is 0 Å². The SMILES string of the molecule is CC(=O)C1=C(C(C)=O)C2(c3ccccc3-c3ccccc32)C2(c3ccc(Cl)cc3)c3ccccc3CCN12. The number of ketones is 2. The Morgan fingerprint density at radius 1 is 0.711 bits per heavy atom. The number of benzene rings is 4. The fraction of sp³-hybridized carbons (Fsp3) is 0.176. The number of nitrogens with zero attached hydrogens (tertiary/aromatic N) is 1. The lowest BCUT2D eigenvalue weighted by atomic mass is 9.54. The highest BCUT2D eigenvalue weighted by Gasteiger charge is 2.71. The molecule has 0 amide bonds. The molecule has 0 aromatic heterocycles. The minimum absolute atomic E-state index is 0.0816. The Kier molecular flexibility index (Phi) is 4.90. The molecule has 0 N–H and O–H groups in total. The third-order valence-electron chi connectivity index (χ3n) is 8.74. The number of carbonyl (C=O) groups is 2. The molecule has 1 aliphatic carbocycles. The maximum Gasteiger partial charge on any atom is 0.176 e. The first-order valence-corrected chi connectivity index (χ1v) is 13.4. The molecule has 1 unspecified atom stereocenters. The zero-order chi connectivity index (χ0) is 26.2. The molecule has 0 bridgehead atoms. The molecule has 3 aliphatic rings. The summed E-state index contributed by atoms with van der Waals surface area (Å²) in [5.41, 5.74) is 6.97. The largest absolute Gasteiger partial charge is 0.353 e. The van der Waals surface area contributed by atoms with Gasteiger partial charge in [-0.1, -0.05) is 96.5 Å². The molecule has 38 heavy (non-hydrogen) atoms. The van der Waals surface area contributed by atoms with E-state index < -0.39 is 11.0 Å². The van der Waals surface area contributed by atoms with Crippen LogP contribution in [0.1, 0.15) is 41.7 Å². The van der Waals surface area contributed by atoms with Gasteiger partial charge in [-0.3, -0.25) is 9.59 Å². The normalized spacial score (nSPS) is 20.1. The summed E-state index contributed by atoms with van der Waals surface area (Å²) in [4.78, 5) is 29.9. The summed E-state index contributed by atoms with van der Waals surface area (Å²) in [5, 5.41) is 0.645.